The number of benzene rings is 2. The number of nitrogens with zero attached hydrogens (tertiary/aromatic N) is 1. The second-order valence-corrected chi connectivity index (χ2v) is 8.22. The summed E-state index contributed by atoms with van der Waals surface area (Å²) in [7, 11) is 1.53. The maximum absolute atomic E-state index is 12.9. The largest absolute Gasteiger partial charge is 0.493 e. The Hall–Kier alpha value is -3.19. The van der Waals surface area contributed by atoms with Gasteiger partial charge in [0, 0.05) is 24.2 Å². The van der Waals surface area contributed by atoms with Gasteiger partial charge in [-0.1, -0.05) is 31.2 Å². The van der Waals surface area contributed by atoms with Gasteiger partial charge < -0.3 is 19.7 Å². The summed E-state index contributed by atoms with van der Waals surface area (Å²) in [4.78, 5) is 27.5. The van der Waals surface area contributed by atoms with Crippen molar-refractivity contribution in [2.45, 2.75) is 38.6 Å². The molecule has 0 saturated heterocycles. The first-order chi connectivity index (χ1) is 15.5. The number of nitrogens with one attached hydrogen (secondary N) is 1. The summed E-state index contributed by atoms with van der Waals surface area (Å²) in [6.45, 7) is 2.88. The lowest BCUT2D eigenvalue weighted by Gasteiger charge is -2.41. The van der Waals surface area contributed by atoms with Crippen molar-refractivity contribution >= 4 is 29.1 Å². The number of ketones is 1. The quantitative estimate of drug-likeness (QED) is 0.393. The van der Waals surface area contributed by atoms with Crippen molar-refractivity contribution in [3.05, 3.63) is 70.9 Å². The van der Waals surface area contributed by atoms with E-state index in [4.69, 9.17) is 21.7 Å². The first kappa shape index (κ1) is 22.0. The monoisotopic (exact) mass is 450 g/mol. The van der Waals surface area contributed by atoms with Gasteiger partial charge in [0.25, 0.3) is 0 Å². The fraction of sp³-hybridized carbons (Fsp3) is 0.320. The van der Waals surface area contributed by atoms with Crippen molar-refractivity contribution in [1.82, 2.24) is 10.2 Å². The van der Waals surface area contributed by atoms with E-state index in [1.54, 1.807) is 36.4 Å². The van der Waals surface area contributed by atoms with E-state index in [0.717, 1.165) is 42.6 Å². The third-order valence-corrected chi connectivity index (χ3v) is 6.07. The maximum Gasteiger partial charge on any atom is 0.343 e. The standard InChI is InChI=1S/C25H26N2O4S/c1-3-14-27-18-10-7-11-19(28)22(18)23(26-25(27)32)17-12-13-20(21(15-17)30-2)31-24(29)16-8-5-4-6-9-16/h4-6,8-9,12-13,15,23H,3,7,10-11,14H2,1-2H3,(H,26,32). The highest BCUT2D eigenvalue weighted by molar-refractivity contribution is 7.80. The molecule has 2 aliphatic rings. The predicted molar refractivity (Wildman–Crippen MR) is 126 cm³/mol. The van der Waals surface area contributed by atoms with Gasteiger partial charge in [-0.25, -0.2) is 4.79 Å². The summed E-state index contributed by atoms with van der Waals surface area (Å²) in [6, 6.07) is 13.8. The van der Waals surface area contributed by atoms with Gasteiger partial charge in [-0.15, -0.1) is 0 Å². The minimum absolute atomic E-state index is 0.144. The summed E-state index contributed by atoms with van der Waals surface area (Å²) < 4.78 is 11.1. The molecule has 166 valence electrons. The Balaban J connectivity index is 1.67. The topological polar surface area (TPSA) is 67.9 Å². The Morgan fingerprint density at radius 3 is 2.66 bits per heavy atom. The van der Waals surface area contributed by atoms with E-state index in [0.29, 0.717) is 28.6 Å². The van der Waals surface area contributed by atoms with Gasteiger partial charge in [0.1, 0.15) is 0 Å². The van der Waals surface area contributed by atoms with Gasteiger partial charge in [0.05, 0.1) is 18.7 Å². The summed E-state index contributed by atoms with van der Waals surface area (Å²) >= 11 is 5.64. The zero-order valence-corrected chi connectivity index (χ0v) is 19.0. The van der Waals surface area contributed by atoms with E-state index >= 15 is 0 Å². The average Bonchev–Trinajstić information content (AvgIpc) is 2.81. The minimum atomic E-state index is -0.462. The molecule has 2 aromatic carbocycles. The highest BCUT2D eigenvalue weighted by Gasteiger charge is 2.37. The molecule has 0 spiro atoms. The molecule has 1 heterocycles. The van der Waals surface area contributed by atoms with Crippen molar-refractivity contribution < 1.29 is 19.1 Å². The highest BCUT2D eigenvalue weighted by atomic mass is 32.1. The van der Waals surface area contributed by atoms with Crippen LogP contribution in [0.3, 0.4) is 0 Å². The number of ether oxygens (including phenoxy) is 2. The number of rotatable bonds is 6. The highest BCUT2D eigenvalue weighted by Crippen LogP contribution is 2.40. The first-order valence-corrected chi connectivity index (χ1v) is 11.2. The molecule has 2 aromatic rings. The Labute approximate surface area is 193 Å². The number of carbonyl (C=O) groups is 2. The van der Waals surface area contributed by atoms with Crippen LogP contribution in [0.4, 0.5) is 0 Å². The van der Waals surface area contributed by atoms with E-state index in [9.17, 15) is 9.59 Å². The molecular formula is C25H26N2O4S. The van der Waals surface area contributed by atoms with Crippen LogP contribution in [0.5, 0.6) is 11.5 Å². The number of allylic oxidation sites excluding steroid dienone is 1. The van der Waals surface area contributed by atoms with Crippen molar-refractivity contribution in [1.29, 1.82) is 0 Å². The van der Waals surface area contributed by atoms with Gasteiger partial charge in [-0.2, -0.15) is 0 Å². The summed E-state index contributed by atoms with van der Waals surface area (Å²) in [6.07, 6.45) is 3.15. The number of thiocarbonyl (C=S) groups is 1. The third-order valence-electron chi connectivity index (χ3n) is 5.74. The lowest BCUT2D eigenvalue weighted by Crippen LogP contribution is -2.49. The van der Waals surface area contributed by atoms with E-state index in [-0.39, 0.29) is 11.8 Å². The predicted octanol–water partition coefficient (Wildman–Crippen LogP) is 4.56. The normalized spacial score (nSPS) is 18.2. The summed E-state index contributed by atoms with van der Waals surface area (Å²) in [5, 5.41) is 3.98. The fourth-order valence-electron chi connectivity index (χ4n) is 4.24. The van der Waals surface area contributed by atoms with Gasteiger partial charge >= 0.3 is 5.97 Å². The molecule has 7 heteroatoms. The van der Waals surface area contributed by atoms with Crippen molar-refractivity contribution in [3.8, 4) is 11.5 Å². The van der Waals surface area contributed by atoms with Crippen LogP contribution in [0, 0.1) is 0 Å². The molecular weight excluding hydrogens is 424 g/mol. The molecule has 0 radical (unpaired) electrons. The second kappa shape index (κ2) is 9.53. The van der Waals surface area contributed by atoms with E-state index in [2.05, 4.69) is 17.1 Å². The number of carbonyl (C=O) groups excluding carboxylic acids is 2. The third kappa shape index (κ3) is 4.25. The minimum Gasteiger partial charge on any atom is -0.493 e. The van der Waals surface area contributed by atoms with Crippen LogP contribution in [-0.2, 0) is 4.79 Å². The molecule has 1 aliphatic carbocycles. The van der Waals surface area contributed by atoms with E-state index in [1.165, 1.54) is 7.11 Å². The van der Waals surface area contributed by atoms with Crippen LogP contribution in [0.25, 0.3) is 0 Å². The Kier molecular flexibility index (Phi) is 6.55. The molecule has 0 amide bonds. The molecule has 0 aromatic heterocycles. The Bertz CT molecular complexity index is 1080. The molecule has 0 saturated carbocycles. The Morgan fingerprint density at radius 1 is 1.16 bits per heavy atom. The molecule has 1 N–H and O–H groups in total. The molecule has 1 atom stereocenters. The average molecular weight is 451 g/mol. The molecule has 1 unspecified atom stereocenters. The fourth-order valence-corrected chi connectivity index (χ4v) is 4.56. The van der Waals surface area contributed by atoms with Crippen molar-refractivity contribution in [2.75, 3.05) is 13.7 Å². The number of Topliss-reactive ketones (excluding diaryl/α,β-unsaturated/α-hetero) is 1. The smallest absolute Gasteiger partial charge is 0.343 e. The van der Waals surface area contributed by atoms with Crippen LogP contribution in [0.2, 0.25) is 0 Å². The SMILES string of the molecule is CCCN1C(=S)NC(c2ccc(OC(=O)c3ccccc3)c(OC)c2)C2=C1CCCC2=O. The number of hydrogen-bond acceptors (Lipinski definition) is 5. The van der Waals surface area contributed by atoms with Crippen LogP contribution in [-0.4, -0.2) is 35.4 Å². The number of methoxy groups -OCH3 is 1. The lowest BCUT2D eigenvalue weighted by atomic mass is 9.84. The lowest BCUT2D eigenvalue weighted by molar-refractivity contribution is -0.116. The Morgan fingerprint density at radius 2 is 1.94 bits per heavy atom. The number of esters is 1. The van der Waals surface area contributed by atoms with Crippen molar-refractivity contribution in [3.63, 3.8) is 0 Å². The molecule has 6 nitrogen and oxygen atoms in total. The van der Waals surface area contributed by atoms with Gasteiger partial charge in [-0.05, 0) is 61.3 Å². The van der Waals surface area contributed by atoms with Gasteiger partial charge in [-0.3, -0.25) is 4.79 Å². The van der Waals surface area contributed by atoms with E-state index in [1.807, 2.05) is 12.1 Å². The van der Waals surface area contributed by atoms with Crippen LogP contribution in [0.15, 0.2) is 59.8 Å². The summed E-state index contributed by atoms with van der Waals surface area (Å²) in [5.74, 6) is 0.420. The van der Waals surface area contributed by atoms with Crippen LogP contribution < -0.4 is 14.8 Å². The molecule has 0 bridgehead atoms. The zero-order valence-electron chi connectivity index (χ0n) is 18.2. The van der Waals surface area contributed by atoms with Crippen LogP contribution in [0.1, 0.15) is 54.6 Å². The first-order valence-electron chi connectivity index (χ1n) is 10.8. The molecule has 1 aliphatic heterocycles. The van der Waals surface area contributed by atoms with E-state index < -0.39 is 5.97 Å². The second-order valence-electron chi connectivity index (χ2n) is 7.84. The molecule has 0 fully saturated rings. The molecule has 32 heavy (non-hydrogen) atoms. The number of hydrogen-bond donors (Lipinski definition) is 1. The van der Waals surface area contributed by atoms with Gasteiger partial charge in [0.2, 0.25) is 0 Å². The molecule has 4 rings (SSSR count). The van der Waals surface area contributed by atoms with Gasteiger partial charge in [0.15, 0.2) is 22.4 Å². The van der Waals surface area contributed by atoms with Crippen LogP contribution >= 0.6 is 12.2 Å². The van der Waals surface area contributed by atoms with Crippen molar-refractivity contribution in [2.24, 2.45) is 0 Å². The zero-order chi connectivity index (χ0) is 22.7. The maximum atomic E-state index is 12.9. The summed E-state index contributed by atoms with van der Waals surface area (Å²) in [5.41, 5.74) is 3.09.